The van der Waals surface area contributed by atoms with E-state index in [0.29, 0.717) is 12.6 Å². The molecule has 0 aliphatic carbocycles. The molecule has 0 aromatic rings. The van der Waals surface area contributed by atoms with Gasteiger partial charge in [0.05, 0.1) is 0 Å². The number of rotatable bonds is 5. The Morgan fingerprint density at radius 1 is 1.38 bits per heavy atom. The van der Waals surface area contributed by atoms with Crippen molar-refractivity contribution < 1.29 is 5.11 Å². The number of likely N-dealkylation sites (tertiary alicyclic amines) is 1. The van der Waals surface area contributed by atoms with Crippen molar-refractivity contribution in [2.75, 3.05) is 25.0 Å². The second kappa shape index (κ2) is 6.80. The van der Waals surface area contributed by atoms with Crippen LogP contribution in [0, 0.1) is 0 Å². The van der Waals surface area contributed by atoms with E-state index < -0.39 is 0 Å². The SMILES string of the molecule is OCCC1CCCCN1CCCBr. The van der Waals surface area contributed by atoms with Crippen molar-refractivity contribution in [3.8, 4) is 0 Å². The van der Waals surface area contributed by atoms with Gasteiger partial charge in [0.15, 0.2) is 0 Å². The third kappa shape index (κ3) is 3.96. The lowest BCUT2D eigenvalue weighted by Gasteiger charge is -2.35. The predicted octanol–water partition coefficient (Wildman–Crippen LogP) is 2.01. The molecule has 13 heavy (non-hydrogen) atoms. The molecule has 0 spiro atoms. The van der Waals surface area contributed by atoms with Crippen LogP contribution < -0.4 is 0 Å². The first-order valence-corrected chi connectivity index (χ1v) is 6.41. The van der Waals surface area contributed by atoms with Crippen LogP contribution in [-0.4, -0.2) is 41.1 Å². The molecule has 1 heterocycles. The molecular formula is C10H20BrNO. The molecule has 1 fully saturated rings. The van der Waals surface area contributed by atoms with Gasteiger partial charge in [-0.15, -0.1) is 0 Å². The van der Waals surface area contributed by atoms with E-state index in [2.05, 4.69) is 20.8 Å². The van der Waals surface area contributed by atoms with Gasteiger partial charge in [-0.25, -0.2) is 0 Å². The van der Waals surface area contributed by atoms with Crippen LogP contribution in [0.15, 0.2) is 0 Å². The van der Waals surface area contributed by atoms with Gasteiger partial charge in [-0.3, -0.25) is 0 Å². The molecule has 3 heteroatoms. The quantitative estimate of drug-likeness (QED) is 0.754. The maximum Gasteiger partial charge on any atom is 0.0445 e. The van der Waals surface area contributed by atoms with Crippen molar-refractivity contribution in [2.45, 2.75) is 38.1 Å². The average molecular weight is 250 g/mol. The van der Waals surface area contributed by atoms with Crippen molar-refractivity contribution in [3.05, 3.63) is 0 Å². The van der Waals surface area contributed by atoms with Gasteiger partial charge in [0.1, 0.15) is 0 Å². The largest absolute Gasteiger partial charge is 0.396 e. The van der Waals surface area contributed by atoms with E-state index >= 15 is 0 Å². The van der Waals surface area contributed by atoms with E-state index in [0.717, 1.165) is 11.8 Å². The number of hydrogen-bond donors (Lipinski definition) is 1. The topological polar surface area (TPSA) is 23.5 Å². The first-order chi connectivity index (χ1) is 6.38. The smallest absolute Gasteiger partial charge is 0.0445 e. The first kappa shape index (κ1) is 11.5. The van der Waals surface area contributed by atoms with Crippen molar-refractivity contribution in [1.82, 2.24) is 4.90 Å². The van der Waals surface area contributed by atoms with E-state index in [1.165, 1.54) is 38.8 Å². The highest BCUT2D eigenvalue weighted by Crippen LogP contribution is 2.19. The maximum atomic E-state index is 8.93. The molecule has 1 atom stereocenters. The molecular weight excluding hydrogens is 230 g/mol. The van der Waals surface area contributed by atoms with E-state index in [4.69, 9.17) is 5.11 Å². The highest BCUT2D eigenvalue weighted by Gasteiger charge is 2.20. The number of halogens is 1. The van der Waals surface area contributed by atoms with E-state index in [9.17, 15) is 0 Å². The van der Waals surface area contributed by atoms with Crippen LogP contribution in [0.3, 0.4) is 0 Å². The first-order valence-electron chi connectivity index (χ1n) is 5.29. The molecule has 0 aromatic carbocycles. The minimum atomic E-state index is 0.343. The molecule has 1 saturated heterocycles. The number of hydrogen-bond acceptors (Lipinski definition) is 2. The number of aliphatic hydroxyl groups excluding tert-OH is 1. The van der Waals surface area contributed by atoms with Gasteiger partial charge in [0, 0.05) is 18.0 Å². The molecule has 0 radical (unpaired) electrons. The Morgan fingerprint density at radius 2 is 2.23 bits per heavy atom. The summed E-state index contributed by atoms with van der Waals surface area (Å²) in [5, 5.41) is 10.0. The number of alkyl halides is 1. The Kier molecular flexibility index (Phi) is 6.00. The normalized spacial score (nSPS) is 24.9. The fraction of sp³-hybridized carbons (Fsp3) is 1.00. The molecule has 0 amide bonds. The summed E-state index contributed by atoms with van der Waals surface area (Å²) in [5.41, 5.74) is 0. The molecule has 0 bridgehead atoms. The number of aliphatic hydroxyl groups is 1. The summed E-state index contributed by atoms with van der Waals surface area (Å²) in [6, 6.07) is 0.651. The molecule has 1 rings (SSSR count). The second-order valence-electron chi connectivity index (χ2n) is 3.74. The standard InChI is InChI=1S/C10H20BrNO/c11-6-3-8-12-7-2-1-4-10(12)5-9-13/h10,13H,1-9H2. The van der Waals surface area contributed by atoms with Crippen LogP contribution in [0.5, 0.6) is 0 Å². The molecule has 1 unspecified atom stereocenters. The maximum absolute atomic E-state index is 8.93. The minimum absolute atomic E-state index is 0.343. The van der Waals surface area contributed by atoms with Crippen LogP contribution in [0.1, 0.15) is 32.1 Å². The van der Waals surface area contributed by atoms with Gasteiger partial charge in [-0.2, -0.15) is 0 Å². The van der Waals surface area contributed by atoms with E-state index in [1.807, 2.05) is 0 Å². The number of nitrogens with zero attached hydrogens (tertiary/aromatic N) is 1. The minimum Gasteiger partial charge on any atom is -0.396 e. The molecule has 0 aromatic heterocycles. The summed E-state index contributed by atoms with van der Waals surface area (Å²) in [6.07, 6.45) is 6.15. The van der Waals surface area contributed by atoms with Crippen molar-refractivity contribution >= 4 is 15.9 Å². The Bertz CT molecular complexity index is 130. The monoisotopic (exact) mass is 249 g/mol. The molecule has 2 nitrogen and oxygen atoms in total. The lowest BCUT2D eigenvalue weighted by Crippen LogP contribution is -2.40. The second-order valence-corrected chi connectivity index (χ2v) is 4.53. The third-order valence-electron chi connectivity index (χ3n) is 2.79. The molecule has 1 aliphatic heterocycles. The summed E-state index contributed by atoms with van der Waals surface area (Å²) in [5.74, 6) is 0. The van der Waals surface area contributed by atoms with Crippen molar-refractivity contribution in [2.24, 2.45) is 0 Å². The van der Waals surface area contributed by atoms with Gasteiger partial charge < -0.3 is 10.0 Å². The van der Waals surface area contributed by atoms with Gasteiger partial charge in [-0.05, 0) is 38.8 Å². The Labute approximate surface area is 89.4 Å². The van der Waals surface area contributed by atoms with Crippen LogP contribution in [0.25, 0.3) is 0 Å². The Hall–Kier alpha value is 0.400. The van der Waals surface area contributed by atoms with Gasteiger partial charge in [0.2, 0.25) is 0 Å². The Morgan fingerprint density at radius 3 is 2.92 bits per heavy atom. The fourth-order valence-electron chi connectivity index (χ4n) is 2.09. The van der Waals surface area contributed by atoms with Crippen LogP contribution in [0.2, 0.25) is 0 Å². The highest BCUT2D eigenvalue weighted by molar-refractivity contribution is 9.09. The summed E-state index contributed by atoms with van der Waals surface area (Å²) in [4.78, 5) is 2.54. The summed E-state index contributed by atoms with van der Waals surface area (Å²) in [7, 11) is 0. The van der Waals surface area contributed by atoms with Gasteiger partial charge in [0.25, 0.3) is 0 Å². The molecule has 1 aliphatic rings. The zero-order chi connectivity index (χ0) is 9.52. The van der Waals surface area contributed by atoms with Gasteiger partial charge >= 0.3 is 0 Å². The van der Waals surface area contributed by atoms with Crippen LogP contribution >= 0.6 is 15.9 Å². The molecule has 1 N–H and O–H groups in total. The fourth-order valence-corrected chi connectivity index (χ4v) is 2.34. The lowest BCUT2D eigenvalue weighted by atomic mass is 9.99. The van der Waals surface area contributed by atoms with Crippen LogP contribution in [0.4, 0.5) is 0 Å². The lowest BCUT2D eigenvalue weighted by molar-refractivity contribution is 0.120. The van der Waals surface area contributed by atoms with E-state index in [1.54, 1.807) is 0 Å². The summed E-state index contributed by atoms with van der Waals surface area (Å²) in [6.45, 7) is 2.77. The summed E-state index contributed by atoms with van der Waals surface area (Å²) < 4.78 is 0. The predicted molar refractivity (Wildman–Crippen MR) is 59.3 cm³/mol. The highest BCUT2D eigenvalue weighted by atomic mass is 79.9. The Balaban J connectivity index is 2.28. The van der Waals surface area contributed by atoms with Crippen molar-refractivity contribution in [3.63, 3.8) is 0 Å². The van der Waals surface area contributed by atoms with Gasteiger partial charge in [-0.1, -0.05) is 22.4 Å². The molecule has 0 saturated carbocycles. The average Bonchev–Trinajstić information content (AvgIpc) is 2.17. The van der Waals surface area contributed by atoms with Crippen molar-refractivity contribution in [1.29, 1.82) is 0 Å². The third-order valence-corrected chi connectivity index (χ3v) is 3.35. The summed E-state index contributed by atoms with van der Waals surface area (Å²) >= 11 is 3.46. The van der Waals surface area contributed by atoms with E-state index in [-0.39, 0.29) is 0 Å². The van der Waals surface area contributed by atoms with Crippen LogP contribution in [-0.2, 0) is 0 Å². The zero-order valence-electron chi connectivity index (χ0n) is 8.21. The number of piperidine rings is 1. The molecule has 78 valence electrons. The zero-order valence-corrected chi connectivity index (χ0v) is 9.80.